The number of phosphoric acid groups is 1. The lowest BCUT2D eigenvalue weighted by atomic mass is 9.98. The van der Waals surface area contributed by atoms with E-state index in [1.165, 1.54) is 89.9 Å². The Morgan fingerprint density at radius 3 is 1.82 bits per heavy atom. The summed E-state index contributed by atoms with van der Waals surface area (Å²) in [4.78, 5) is 66.5. The van der Waals surface area contributed by atoms with Crippen molar-refractivity contribution in [1.82, 2.24) is 20.9 Å². The molecule has 2 rings (SSSR count). The van der Waals surface area contributed by atoms with Crippen molar-refractivity contribution >= 4 is 54.0 Å². The number of esters is 1. The smallest absolute Gasteiger partial charge is 0.462 e. The standard InChI is InChI=1S/C57H100ClN4O10P/c1-6-10-13-16-18-20-21-23-24-27-30-36-52(63)61-48(44-69-40-38-49(33-29-26-15-12-8-3)72-54(65)37-31-28-25-22-19-17-14-11-7-2)45-71-73(67,68)70-41-39-59-57(66)56(46(5)9-4)62-53(64)42-47-43-60-51-35-32-34-50(58)55(47)51/h32,34-35,43,46,48-49,56,60H,6-31,33,36-42,44-45H2,1-5H3,(H,59,66)(H,61,63)(H,62,64)(H,67,68)/t46-,48+,49+,56-/m0/s1. The first-order valence-corrected chi connectivity index (χ1v) is 30.7. The van der Waals surface area contributed by atoms with Crippen molar-refractivity contribution in [2.24, 2.45) is 5.92 Å². The minimum absolute atomic E-state index is 0.00569. The Morgan fingerprint density at radius 2 is 1.23 bits per heavy atom. The van der Waals surface area contributed by atoms with Gasteiger partial charge in [-0.1, -0.05) is 200 Å². The first-order valence-electron chi connectivity index (χ1n) is 28.8. The number of ether oxygens (including phenoxy) is 2. The summed E-state index contributed by atoms with van der Waals surface area (Å²) in [5.41, 5.74) is 1.52. The van der Waals surface area contributed by atoms with E-state index in [4.69, 9.17) is 30.1 Å². The number of carbonyl (C=O) groups excluding carboxylic acids is 4. The first kappa shape index (κ1) is 66.1. The quantitative estimate of drug-likeness (QED) is 0.0242. The number of amides is 3. The molecule has 73 heavy (non-hydrogen) atoms. The molecule has 1 unspecified atom stereocenters. The zero-order valence-corrected chi connectivity index (χ0v) is 47.7. The number of phosphoric ester groups is 1. The molecule has 0 aliphatic carbocycles. The molecule has 14 nitrogen and oxygen atoms in total. The average molecular weight is 1070 g/mol. The third kappa shape index (κ3) is 32.3. The molecule has 2 aromatic rings. The van der Waals surface area contributed by atoms with Crippen LogP contribution in [0.4, 0.5) is 0 Å². The van der Waals surface area contributed by atoms with E-state index in [0.717, 1.165) is 88.0 Å². The number of fused-ring (bicyclic) bond motifs is 1. The summed E-state index contributed by atoms with van der Waals surface area (Å²) in [7, 11) is -4.64. The molecule has 0 fully saturated rings. The van der Waals surface area contributed by atoms with Crippen molar-refractivity contribution in [3.63, 3.8) is 0 Å². The molecule has 0 bridgehead atoms. The molecular weight excluding hydrogens is 967 g/mol. The van der Waals surface area contributed by atoms with E-state index < -0.39 is 25.8 Å². The summed E-state index contributed by atoms with van der Waals surface area (Å²) in [6.07, 6.45) is 32.9. The highest BCUT2D eigenvalue weighted by molar-refractivity contribution is 7.47. The van der Waals surface area contributed by atoms with Gasteiger partial charge in [-0.15, -0.1) is 0 Å². The molecular formula is C57H100ClN4O10P. The minimum atomic E-state index is -4.64. The number of aromatic nitrogens is 1. The van der Waals surface area contributed by atoms with Crippen LogP contribution in [0.15, 0.2) is 24.4 Å². The van der Waals surface area contributed by atoms with Crippen LogP contribution in [0.5, 0.6) is 0 Å². The summed E-state index contributed by atoms with van der Waals surface area (Å²) < 4.78 is 35.8. The van der Waals surface area contributed by atoms with Crippen LogP contribution in [0.25, 0.3) is 10.9 Å². The van der Waals surface area contributed by atoms with Crippen molar-refractivity contribution in [2.45, 2.75) is 252 Å². The van der Waals surface area contributed by atoms with E-state index >= 15 is 0 Å². The van der Waals surface area contributed by atoms with Gasteiger partial charge in [-0.25, -0.2) is 4.57 Å². The number of hydrogen-bond donors (Lipinski definition) is 5. The number of halogens is 1. The largest absolute Gasteiger partial charge is 0.472 e. The van der Waals surface area contributed by atoms with E-state index in [1.54, 1.807) is 12.3 Å². The first-order chi connectivity index (χ1) is 35.3. The fourth-order valence-corrected chi connectivity index (χ4v) is 10.1. The van der Waals surface area contributed by atoms with Crippen LogP contribution in [-0.4, -0.2) is 84.7 Å². The number of carbonyl (C=O) groups is 4. The molecule has 16 heteroatoms. The van der Waals surface area contributed by atoms with Crippen molar-refractivity contribution in [3.8, 4) is 0 Å². The lowest BCUT2D eigenvalue weighted by molar-refractivity contribution is -0.150. The lowest BCUT2D eigenvalue weighted by Gasteiger charge is -2.24. The Hall–Kier alpha value is -3.00. The van der Waals surface area contributed by atoms with Crippen LogP contribution in [0.1, 0.15) is 233 Å². The van der Waals surface area contributed by atoms with Gasteiger partial charge in [-0.2, -0.15) is 0 Å². The zero-order valence-electron chi connectivity index (χ0n) is 46.0. The van der Waals surface area contributed by atoms with E-state index in [2.05, 4.69) is 41.7 Å². The highest BCUT2D eigenvalue weighted by atomic mass is 35.5. The predicted molar refractivity (Wildman–Crippen MR) is 297 cm³/mol. The van der Waals surface area contributed by atoms with Gasteiger partial charge in [0, 0.05) is 42.9 Å². The molecule has 0 aliphatic rings. The van der Waals surface area contributed by atoms with Crippen LogP contribution in [-0.2, 0) is 48.7 Å². The van der Waals surface area contributed by atoms with Gasteiger partial charge < -0.3 is 35.3 Å². The Kier molecular flexibility index (Phi) is 38.2. The number of nitrogens with one attached hydrogen (secondary N) is 4. The molecule has 5 N–H and O–H groups in total. The molecule has 0 saturated carbocycles. The second-order valence-corrected chi connectivity index (χ2v) is 22.1. The van der Waals surface area contributed by atoms with Gasteiger partial charge in [0.25, 0.3) is 0 Å². The second-order valence-electron chi connectivity index (χ2n) is 20.3. The molecule has 5 atom stereocenters. The van der Waals surface area contributed by atoms with Crippen molar-refractivity contribution < 1.29 is 47.2 Å². The number of benzene rings is 1. The number of unbranched alkanes of at least 4 members (excludes halogenated alkanes) is 22. The van der Waals surface area contributed by atoms with E-state index in [0.29, 0.717) is 36.3 Å². The van der Waals surface area contributed by atoms with Crippen LogP contribution in [0.2, 0.25) is 5.02 Å². The van der Waals surface area contributed by atoms with Gasteiger partial charge in [-0.3, -0.25) is 28.2 Å². The van der Waals surface area contributed by atoms with Crippen molar-refractivity contribution in [2.75, 3.05) is 33.0 Å². The zero-order chi connectivity index (χ0) is 53.4. The lowest BCUT2D eigenvalue weighted by Crippen LogP contribution is -2.51. The molecule has 1 aromatic carbocycles. The average Bonchev–Trinajstić information content (AvgIpc) is 3.78. The summed E-state index contributed by atoms with van der Waals surface area (Å²) in [6, 6.07) is 3.84. The monoisotopic (exact) mass is 1070 g/mol. The SMILES string of the molecule is CCCCCCCCCCCCCC(=O)N[C@H](COCC[C@@H](CCCCCCC)OC(=O)CCCCCCCCCCC)COP(=O)(O)OCCNC(=O)[C@@H](NC(=O)Cc1c[nH]c2cccc(Cl)c12)[C@@H](C)CC. The maximum Gasteiger partial charge on any atom is 0.472 e. The van der Waals surface area contributed by atoms with Crippen LogP contribution in [0.3, 0.4) is 0 Å². The van der Waals surface area contributed by atoms with Gasteiger partial charge in [0.05, 0.1) is 43.9 Å². The van der Waals surface area contributed by atoms with Crippen molar-refractivity contribution in [1.29, 1.82) is 0 Å². The van der Waals surface area contributed by atoms with Gasteiger partial charge in [0.15, 0.2) is 0 Å². The third-order valence-corrected chi connectivity index (χ3v) is 15.0. The molecule has 1 aromatic heterocycles. The third-order valence-electron chi connectivity index (χ3n) is 13.7. The topological polar surface area (TPSA) is 194 Å². The Labute approximate surface area is 446 Å². The second kappa shape index (κ2) is 42.2. The fourth-order valence-electron chi connectivity index (χ4n) is 9.00. The maximum absolute atomic E-state index is 13.3. The maximum atomic E-state index is 13.3. The Morgan fingerprint density at radius 1 is 0.671 bits per heavy atom. The van der Waals surface area contributed by atoms with Gasteiger partial charge in [0.2, 0.25) is 17.7 Å². The van der Waals surface area contributed by atoms with Gasteiger partial charge in [-0.05, 0) is 49.3 Å². The summed E-state index contributed by atoms with van der Waals surface area (Å²) in [6.45, 7) is 9.86. The molecule has 0 spiro atoms. The van der Waals surface area contributed by atoms with Gasteiger partial charge in [0.1, 0.15) is 12.1 Å². The van der Waals surface area contributed by atoms with Gasteiger partial charge >= 0.3 is 13.8 Å². The van der Waals surface area contributed by atoms with E-state index in [9.17, 15) is 28.6 Å². The molecule has 3 amide bonds. The number of hydrogen-bond acceptors (Lipinski definition) is 9. The number of rotatable bonds is 48. The summed E-state index contributed by atoms with van der Waals surface area (Å²) in [5, 5.41) is 9.78. The molecule has 420 valence electrons. The van der Waals surface area contributed by atoms with Crippen LogP contribution >= 0.6 is 19.4 Å². The van der Waals surface area contributed by atoms with E-state index in [-0.39, 0.29) is 69.2 Å². The highest BCUT2D eigenvalue weighted by Crippen LogP contribution is 2.43. The molecule has 1 heterocycles. The number of aromatic amines is 1. The molecule has 0 radical (unpaired) electrons. The summed E-state index contributed by atoms with van der Waals surface area (Å²) in [5.74, 6) is -1.39. The predicted octanol–water partition coefficient (Wildman–Crippen LogP) is 13.9. The van der Waals surface area contributed by atoms with E-state index in [1.807, 2.05) is 26.0 Å². The Balaban J connectivity index is 1.94. The van der Waals surface area contributed by atoms with Crippen LogP contribution < -0.4 is 16.0 Å². The molecule has 0 aliphatic heterocycles. The minimum Gasteiger partial charge on any atom is -0.462 e. The highest BCUT2D eigenvalue weighted by Gasteiger charge is 2.28. The normalized spacial score (nSPS) is 14.1. The number of H-pyrrole nitrogens is 1. The Bertz CT molecular complexity index is 1820. The molecule has 0 saturated heterocycles. The summed E-state index contributed by atoms with van der Waals surface area (Å²) >= 11 is 6.41. The van der Waals surface area contributed by atoms with Crippen molar-refractivity contribution in [3.05, 3.63) is 35.0 Å². The van der Waals surface area contributed by atoms with Crippen LogP contribution in [0, 0.1) is 5.92 Å². The fraction of sp³-hybridized carbons (Fsp3) is 0.789.